The van der Waals surface area contributed by atoms with Gasteiger partial charge in [0.15, 0.2) is 5.96 Å². The average Bonchev–Trinajstić information content (AvgIpc) is 2.57. The van der Waals surface area contributed by atoms with Gasteiger partial charge in [0.1, 0.15) is 9.84 Å². The Morgan fingerprint density at radius 3 is 2.39 bits per heavy atom. The quantitative estimate of drug-likeness (QED) is 0.302. The maximum atomic E-state index is 12.8. The summed E-state index contributed by atoms with van der Waals surface area (Å²) in [5.74, 6) is 0.567. The zero-order valence-electron chi connectivity index (χ0n) is 16.5. The van der Waals surface area contributed by atoms with Crippen molar-refractivity contribution < 1.29 is 21.6 Å². The van der Waals surface area contributed by atoms with Crippen LogP contribution in [-0.2, 0) is 16.0 Å². The molecule has 162 valence electrons. The number of nitrogens with one attached hydrogen (secondary N) is 2. The Morgan fingerprint density at radius 1 is 1.21 bits per heavy atom. The summed E-state index contributed by atoms with van der Waals surface area (Å²) in [7, 11) is -1.41. The predicted molar refractivity (Wildman–Crippen MR) is 118 cm³/mol. The molecule has 5 nitrogen and oxygen atoms in total. The van der Waals surface area contributed by atoms with Crippen LogP contribution in [0.3, 0.4) is 0 Å². The third-order valence-corrected chi connectivity index (χ3v) is 5.16. The second kappa shape index (κ2) is 11.8. The fraction of sp³-hybridized carbons (Fsp3) is 0.611. The molecule has 0 heterocycles. The number of rotatable bonds is 8. The van der Waals surface area contributed by atoms with Crippen LogP contribution in [0.4, 0.5) is 13.2 Å². The predicted octanol–water partition coefficient (Wildman–Crippen LogP) is 3.81. The van der Waals surface area contributed by atoms with Gasteiger partial charge in [-0.1, -0.05) is 25.1 Å². The SMILES string of the molecule is CN=C(NCCC(C)c1cccc(C(F)(F)F)c1)NC(C)CCS(C)(=O)=O.I. The number of sulfone groups is 1. The summed E-state index contributed by atoms with van der Waals surface area (Å²) in [6.07, 6.45) is -2.07. The lowest BCUT2D eigenvalue weighted by atomic mass is 9.96. The Bertz CT molecular complexity index is 740. The summed E-state index contributed by atoms with van der Waals surface area (Å²) < 4.78 is 60.9. The van der Waals surface area contributed by atoms with Gasteiger partial charge in [-0.25, -0.2) is 8.42 Å². The number of halogens is 4. The van der Waals surface area contributed by atoms with E-state index in [0.717, 1.165) is 6.07 Å². The van der Waals surface area contributed by atoms with E-state index in [1.165, 1.54) is 18.4 Å². The Hall–Kier alpha value is -1.04. The van der Waals surface area contributed by atoms with Gasteiger partial charge in [0, 0.05) is 25.9 Å². The lowest BCUT2D eigenvalue weighted by Gasteiger charge is -2.19. The molecule has 10 heteroatoms. The van der Waals surface area contributed by atoms with Crippen molar-refractivity contribution in [3.63, 3.8) is 0 Å². The number of hydrogen-bond donors (Lipinski definition) is 2. The van der Waals surface area contributed by atoms with E-state index in [1.54, 1.807) is 13.1 Å². The molecule has 1 rings (SSSR count). The first kappa shape index (κ1) is 27.0. The Kier molecular flexibility index (Phi) is 11.4. The summed E-state index contributed by atoms with van der Waals surface area (Å²) in [5.41, 5.74) is -0.00641. The molecule has 0 saturated carbocycles. The smallest absolute Gasteiger partial charge is 0.356 e. The van der Waals surface area contributed by atoms with Crippen molar-refractivity contribution in [1.82, 2.24) is 10.6 Å². The molecule has 0 spiro atoms. The van der Waals surface area contributed by atoms with E-state index in [-0.39, 0.29) is 41.7 Å². The highest BCUT2D eigenvalue weighted by Gasteiger charge is 2.30. The van der Waals surface area contributed by atoms with Crippen LogP contribution in [-0.4, -0.2) is 46.0 Å². The Balaban J connectivity index is 0.00000729. The molecule has 0 fully saturated rings. The largest absolute Gasteiger partial charge is 0.416 e. The molecule has 2 N–H and O–H groups in total. The molecule has 2 atom stereocenters. The van der Waals surface area contributed by atoms with Gasteiger partial charge in [-0.05, 0) is 37.3 Å². The summed E-state index contributed by atoms with van der Waals surface area (Å²) in [4.78, 5) is 4.08. The van der Waals surface area contributed by atoms with E-state index in [9.17, 15) is 21.6 Å². The van der Waals surface area contributed by atoms with Crippen LogP contribution >= 0.6 is 24.0 Å². The van der Waals surface area contributed by atoms with Gasteiger partial charge in [-0.3, -0.25) is 4.99 Å². The van der Waals surface area contributed by atoms with Crippen molar-refractivity contribution in [1.29, 1.82) is 0 Å². The highest BCUT2D eigenvalue weighted by molar-refractivity contribution is 14.0. The molecule has 1 aromatic rings. The van der Waals surface area contributed by atoms with Crippen molar-refractivity contribution in [3.05, 3.63) is 35.4 Å². The Morgan fingerprint density at radius 2 is 1.86 bits per heavy atom. The minimum Gasteiger partial charge on any atom is -0.356 e. The molecule has 0 amide bonds. The van der Waals surface area contributed by atoms with E-state index in [4.69, 9.17) is 0 Å². The molecular formula is C18H29F3IN3O2S. The van der Waals surface area contributed by atoms with Gasteiger partial charge >= 0.3 is 6.18 Å². The first-order chi connectivity index (χ1) is 12.4. The van der Waals surface area contributed by atoms with Crippen LogP contribution in [0.5, 0.6) is 0 Å². The number of aliphatic imine (C=N–C) groups is 1. The van der Waals surface area contributed by atoms with Crippen molar-refractivity contribution in [3.8, 4) is 0 Å². The van der Waals surface area contributed by atoms with Crippen molar-refractivity contribution in [2.75, 3.05) is 25.6 Å². The summed E-state index contributed by atoms with van der Waals surface area (Å²) in [6.45, 7) is 4.27. The van der Waals surface area contributed by atoms with Crippen molar-refractivity contribution in [2.45, 2.75) is 44.8 Å². The molecule has 1 aromatic carbocycles. The molecule has 0 aliphatic rings. The fourth-order valence-corrected chi connectivity index (χ4v) is 3.27. The number of alkyl halides is 3. The van der Waals surface area contributed by atoms with Crippen LogP contribution < -0.4 is 10.6 Å². The van der Waals surface area contributed by atoms with Gasteiger partial charge in [0.25, 0.3) is 0 Å². The normalized spacial score (nSPS) is 14.8. The highest BCUT2D eigenvalue weighted by atomic mass is 127. The third kappa shape index (κ3) is 10.5. The van der Waals surface area contributed by atoms with Gasteiger partial charge < -0.3 is 10.6 Å². The van der Waals surface area contributed by atoms with Crippen LogP contribution in [0.1, 0.15) is 43.7 Å². The summed E-state index contributed by atoms with van der Waals surface area (Å²) in [5, 5.41) is 6.22. The number of benzene rings is 1. The first-order valence-corrected chi connectivity index (χ1v) is 10.8. The van der Waals surface area contributed by atoms with Gasteiger partial charge in [0.05, 0.1) is 11.3 Å². The minimum atomic E-state index is -4.35. The third-order valence-electron chi connectivity index (χ3n) is 4.18. The zero-order chi connectivity index (χ0) is 20.7. The molecule has 0 bridgehead atoms. The van der Waals surface area contributed by atoms with Crippen molar-refractivity contribution >= 4 is 39.8 Å². The maximum absolute atomic E-state index is 12.8. The Labute approximate surface area is 182 Å². The van der Waals surface area contributed by atoms with Crippen LogP contribution in [0, 0.1) is 0 Å². The van der Waals surface area contributed by atoms with E-state index < -0.39 is 21.6 Å². The van der Waals surface area contributed by atoms with Crippen LogP contribution in [0.25, 0.3) is 0 Å². The van der Waals surface area contributed by atoms with Crippen LogP contribution in [0.15, 0.2) is 29.3 Å². The second-order valence-electron chi connectivity index (χ2n) is 6.78. The van der Waals surface area contributed by atoms with Gasteiger partial charge in [0.2, 0.25) is 0 Å². The molecule has 0 aliphatic carbocycles. The summed E-state index contributed by atoms with van der Waals surface area (Å²) >= 11 is 0. The second-order valence-corrected chi connectivity index (χ2v) is 9.04. The lowest BCUT2D eigenvalue weighted by molar-refractivity contribution is -0.137. The topological polar surface area (TPSA) is 70.6 Å². The number of nitrogens with zero attached hydrogens (tertiary/aromatic N) is 1. The van der Waals surface area contributed by atoms with Gasteiger partial charge in [-0.15, -0.1) is 24.0 Å². The van der Waals surface area contributed by atoms with E-state index >= 15 is 0 Å². The first-order valence-electron chi connectivity index (χ1n) is 8.74. The number of guanidine groups is 1. The zero-order valence-corrected chi connectivity index (χ0v) is 19.7. The fourth-order valence-electron chi connectivity index (χ4n) is 2.49. The average molecular weight is 535 g/mol. The van der Waals surface area contributed by atoms with E-state index in [1.807, 2.05) is 13.8 Å². The molecule has 2 unspecified atom stereocenters. The van der Waals surface area contributed by atoms with Gasteiger partial charge in [-0.2, -0.15) is 13.2 Å². The minimum absolute atomic E-state index is 0. The molecule has 0 aromatic heterocycles. The lowest BCUT2D eigenvalue weighted by Crippen LogP contribution is -2.43. The highest BCUT2D eigenvalue weighted by Crippen LogP contribution is 2.31. The van der Waals surface area contributed by atoms with Crippen molar-refractivity contribution in [2.24, 2.45) is 4.99 Å². The van der Waals surface area contributed by atoms with E-state index in [2.05, 4.69) is 15.6 Å². The molecule has 0 aliphatic heterocycles. The van der Waals surface area contributed by atoms with E-state index in [0.29, 0.717) is 30.9 Å². The standard InChI is InChI=1S/C18H28F3N3O2S.HI/c1-13(15-6-5-7-16(12-15)18(19,20)21)8-10-23-17(22-3)24-14(2)9-11-27(4,25)26;/h5-7,12-14H,8-11H2,1-4H3,(H2,22,23,24);1H. The number of hydrogen-bond acceptors (Lipinski definition) is 3. The van der Waals surface area contributed by atoms with Crippen LogP contribution in [0.2, 0.25) is 0 Å². The summed E-state index contributed by atoms with van der Waals surface area (Å²) in [6, 6.07) is 5.29. The maximum Gasteiger partial charge on any atom is 0.416 e. The molecule has 28 heavy (non-hydrogen) atoms. The molecular weight excluding hydrogens is 506 g/mol. The molecule has 0 saturated heterocycles. The molecule has 0 radical (unpaired) electrons. The monoisotopic (exact) mass is 535 g/mol.